The van der Waals surface area contributed by atoms with E-state index in [0.717, 1.165) is 13.1 Å². The lowest BCUT2D eigenvalue weighted by Gasteiger charge is -2.21. The Bertz CT molecular complexity index is 818. The van der Waals surface area contributed by atoms with Gasteiger partial charge in [0.25, 0.3) is 0 Å². The zero-order valence-electron chi connectivity index (χ0n) is 18.7. The Balaban J connectivity index is 1.71. The van der Waals surface area contributed by atoms with Gasteiger partial charge in [0.2, 0.25) is 6.54 Å². The Morgan fingerprint density at radius 2 is 1.97 bits per heavy atom. The zero-order valence-corrected chi connectivity index (χ0v) is 18.7. The van der Waals surface area contributed by atoms with Crippen molar-refractivity contribution in [3.8, 4) is 0 Å². The van der Waals surface area contributed by atoms with E-state index in [1.165, 1.54) is 10.1 Å². The van der Waals surface area contributed by atoms with Crippen LogP contribution in [-0.4, -0.2) is 58.7 Å². The van der Waals surface area contributed by atoms with Gasteiger partial charge in [-0.3, -0.25) is 9.69 Å². The van der Waals surface area contributed by atoms with Crippen LogP contribution in [0.3, 0.4) is 0 Å². The fourth-order valence-corrected chi connectivity index (χ4v) is 4.35. The van der Waals surface area contributed by atoms with Crippen LogP contribution in [0.2, 0.25) is 0 Å². The summed E-state index contributed by atoms with van der Waals surface area (Å²) in [6.45, 7) is 7.11. The number of esters is 1. The minimum absolute atomic E-state index is 0.0657. The van der Waals surface area contributed by atoms with Gasteiger partial charge in [0, 0.05) is 32.5 Å². The third-order valence-electron chi connectivity index (χ3n) is 5.75. The lowest BCUT2D eigenvalue weighted by molar-refractivity contribution is -0.483. The summed E-state index contributed by atoms with van der Waals surface area (Å²) in [4.78, 5) is 26.7. The lowest BCUT2D eigenvalue weighted by Crippen LogP contribution is -2.42. The molecule has 2 aliphatic rings. The molecule has 0 bridgehead atoms. The highest BCUT2D eigenvalue weighted by Gasteiger charge is 2.45. The maximum Gasteiger partial charge on any atom is 0.387 e. The van der Waals surface area contributed by atoms with E-state index in [4.69, 9.17) is 4.74 Å². The molecule has 5 nitrogen and oxygen atoms in total. The second-order valence-electron chi connectivity index (χ2n) is 9.76. The van der Waals surface area contributed by atoms with Gasteiger partial charge in [-0.15, -0.1) is 0 Å². The molecule has 2 heterocycles. The molecule has 170 valence electrons. The van der Waals surface area contributed by atoms with Gasteiger partial charge >= 0.3 is 17.8 Å². The molecule has 0 radical (unpaired) electrons. The van der Waals surface area contributed by atoms with Crippen molar-refractivity contribution in [3.63, 3.8) is 0 Å². The Kier molecular flexibility index (Phi) is 7.24. The summed E-state index contributed by atoms with van der Waals surface area (Å²) in [7, 11) is 0. The van der Waals surface area contributed by atoms with Crippen molar-refractivity contribution in [2.45, 2.75) is 64.5 Å². The molecule has 3 rings (SSSR count). The van der Waals surface area contributed by atoms with Crippen molar-refractivity contribution >= 4 is 18.1 Å². The molecule has 1 amide bonds. The quantitative estimate of drug-likeness (QED) is 0.502. The van der Waals surface area contributed by atoms with E-state index in [-0.39, 0.29) is 43.0 Å². The van der Waals surface area contributed by atoms with E-state index in [1.54, 1.807) is 6.21 Å². The van der Waals surface area contributed by atoms with Crippen LogP contribution in [0, 0.1) is 11.8 Å². The molecule has 0 saturated carbocycles. The fourth-order valence-electron chi connectivity index (χ4n) is 4.35. The van der Waals surface area contributed by atoms with Gasteiger partial charge in [0.15, 0.2) is 6.21 Å². The average Bonchev–Trinajstić information content (AvgIpc) is 3.03. The summed E-state index contributed by atoms with van der Waals surface area (Å²) < 4.78 is 34.4. The molecule has 2 aliphatic heterocycles. The minimum atomic E-state index is -2.85. The first-order valence-electron chi connectivity index (χ1n) is 11.0. The van der Waals surface area contributed by atoms with Crippen molar-refractivity contribution in [3.05, 3.63) is 35.9 Å². The lowest BCUT2D eigenvalue weighted by atomic mass is 9.92. The molecule has 2 atom stereocenters. The smallest absolute Gasteiger partial charge is 0.387 e. The summed E-state index contributed by atoms with van der Waals surface area (Å²) in [6, 6.07) is 10.1. The molecule has 2 unspecified atom stereocenters. The first-order chi connectivity index (χ1) is 14.5. The van der Waals surface area contributed by atoms with Gasteiger partial charge in [-0.05, 0) is 38.7 Å². The summed E-state index contributed by atoms with van der Waals surface area (Å²) in [5, 5.41) is 0. The van der Waals surface area contributed by atoms with Gasteiger partial charge in [-0.1, -0.05) is 30.3 Å². The Hall–Kier alpha value is -2.15. The maximum absolute atomic E-state index is 13.9. The SMILES string of the molecule is CC(C)(C)OC(=O)CCC1CN(Cc2ccccc2)CC1C=[N+]1CC(F)(F)CCC1=O. The van der Waals surface area contributed by atoms with Gasteiger partial charge in [-0.25, -0.2) is 4.79 Å². The normalized spacial score (nSPS) is 25.7. The number of ether oxygens (including phenoxy) is 1. The molecule has 7 heteroatoms. The molecule has 31 heavy (non-hydrogen) atoms. The predicted octanol–water partition coefficient (Wildman–Crippen LogP) is 3.90. The van der Waals surface area contributed by atoms with E-state index in [2.05, 4.69) is 17.0 Å². The van der Waals surface area contributed by atoms with Crippen LogP contribution in [0.25, 0.3) is 0 Å². The summed E-state index contributed by atoms with van der Waals surface area (Å²) >= 11 is 0. The number of hydrogen-bond acceptors (Lipinski definition) is 4. The van der Waals surface area contributed by atoms with Gasteiger partial charge in [0.1, 0.15) is 5.60 Å². The third-order valence-corrected chi connectivity index (χ3v) is 5.75. The van der Waals surface area contributed by atoms with Crippen LogP contribution in [-0.2, 0) is 20.9 Å². The maximum atomic E-state index is 13.9. The Morgan fingerprint density at radius 3 is 2.65 bits per heavy atom. The molecule has 0 aliphatic carbocycles. The van der Waals surface area contributed by atoms with E-state index in [0.29, 0.717) is 13.0 Å². The van der Waals surface area contributed by atoms with Crippen molar-refractivity contribution in [2.24, 2.45) is 11.8 Å². The number of rotatable bonds is 6. The molecular formula is C24H33F2N2O3+. The molecule has 2 saturated heterocycles. The average molecular weight is 436 g/mol. The number of carbonyl (C=O) groups is 2. The number of piperidine rings is 1. The van der Waals surface area contributed by atoms with Gasteiger partial charge in [-0.2, -0.15) is 13.4 Å². The summed E-state index contributed by atoms with van der Waals surface area (Å²) in [5.74, 6) is -3.33. The molecule has 1 aromatic rings. The number of alkyl halides is 2. The topological polar surface area (TPSA) is 49.6 Å². The number of benzene rings is 1. The number of amides is 1. The second-order valence-corrected chi connectivity index (χ2v) is 9.76. The number of hydrogen-bond donors (Lipinski definition) is 0. The van der Waals surface area contributed by atoms with E-state index >= 15 is 0 Å². The highest BCUT2D eigenvalue weighted by molar-refractivity contribution is 5.74. The molecular weight excluding hydrogens is 402 g/mol. The van der Waals surface area contributed by atoms with Crippen LogP contribution in [0.15, 0.2) is 30.3 Å². The number of likely N-dealkylation sites (tertiary alicyclic amines) is 1. The zero-order chi connectivity index (χ0) is 22.6. The third kappa shape index (κ3) is 7.20. The van der Waals surface area contributed by atoms with Crippen LogP contribution in [0.4, 0.5) is 8.78 Å². The van der Waals surface area contributed by atoms with Gasteiger partial charge in [0.05, 0.1) is 12.3 Å². The largest absolute Gasteiger partial charge is 0.460 e. The first-order valence-corrected chi connectivity index (χ1v) is 11.0. The van der Waals surface area contributed by atoms with Crippen LogP contribution in [0.5, 0.6) is 0 Å². The molecule has 2 fully saturated rings. The number of nitrogens with zero attached hydrogens (tertiary/aromatic N) is 2. The second kappa shape index (κ2) is 9.55. The first kappa shape index (κ1) is 23.5. The molecule has 1 aromatic carbocycles. The number of carbonyl (C=O) groups excluding carboxylic acids is 2. The van der Waals surface area contributed by atoms with Crippen molar-refractivity contribution in [2.75, 3.05) is 19.6 Å². The molecule has 0 aromatic heterocycles. The van der Waals surface area contributed by atoms with Gasteiger partial charge < -0.3 is 4.74 Å². The van der Waals surface area contributed by atoms with Crippen molar-refractivity contribution in [1.82, 2.24) is 4.90 Å². The van der Waals surface area contributed by atoms with Crippen LogP contribution < -0.4 is 0 Å². The monoisotopic (exact) mass is 435 g/mol. The molecule has 0 N–H and O–H groups in total. The van der Waals surface area contributed by atoms with Crippen LogP contribution in [0.1, 0.15) is 52.0 Å². The number of halogens is 2. The predicted molar refractivity (Wildman–Crippen MR) is 114 cm³/mol. The standard InChI is InChI=1S/C24H33F2N2O3/c1-23(2,3)31-22(30)10-9-19-14-27(13-18-7-5-4-6-8-18)15-20(19)16-28-17-24(25,26)12-11-21(28)29/h4-8,16,19-20H,9-15,17H2,1-3H3/q+1. The molecule has 0 spiro atoms. The fraction of sp³-hybridized carbons (Fsp3) is 0.625. The van der Waals surface area contributed by atoms with E-state index in [9.17, 15) is 18.4 Å². The van der Waals surface area contributed by atoms with Crippen molar-refractivity contribution in [1.29, 1.82) is 0 Å². The van der Waals surface area contributed by atoms with Crippen LogP contribution >= 0.6 is 0 Å². The highest BCUT2D eigenvalue weighted by atomic mass is 19.3. The summed E-state index contributed by atoms with van der Waals surface area (Å²) in [5.41, 5.74) is 0.637. The highest BCUT2D eigenvalue weighted by Crippen LogP contribution is 2.30. The van der Waals surface area contributed by atoms with E-state index < -0.39 is 18.1 Å². The minimum Gasteiger partial charge on any atom is -0.460 e. The van der Waals surface area contributed by atoms with E-state index in [1.807, 2.05) is 39.0 Å². The Morgan fingerprint density at radius 1 is 1.26 bits per heavy atom. The Labute approximate surface area is 183 Å². The van der Waals surface area contributed by atoms with Crippen molar-refractivity contribution < 1.29 is 27.7 Å². The summed E-state index contributed by atoms with van der Waals surface area (Å²) in [6.07, 6.45) is 2.05.